The number of nitrogens with zero attached hydrogens (tertiary/aromatic N) is 1. The topological polar surface area (TPSA) is 49.5 Å². The minimum absolute atomic E-state index is 0.0665. The van der Waals surface area contributed by atoms with Gasteiger partial charge in [-0.1, -0.05) is 6.42 Å². The molecular weight excluding hydrogens is 152 g/mol. The first-order valence-electron chi connectivity index (χ1n) is 4.93. The van der Waals surface area contributed by atoms with Crippen LogP contribution >= 0.6 is 0 Å². The molecule has 0 aromatic rings. The molecule has 1 aliphatic heterocycles. The number of hydrogen-bond acceptors (Lipinski definition) is 3. The van der Waals surface area contributed by atoms with Crippen molar-refractivity contribution in [2.24, 2.45) is 5.73 Å². The molecular formula is C9H18N2O. The Balaban J connectivity index is 1.80. The fourth-order valence-corrected chi connectivity index (χ4v) is 2.32. The smallest absolute Gasteiger partial charge is 0.0794 e. The molecule has 0 aromatic carbocycles. The van der Waals surface area contributed by atoms with Gasteiger partial charge in [-0.25, -0.2) is 0 Å². The predicted octanol–water partition coefficient (Wildman–Crippen LogP) is -0.0672. The first kappa shape index (κ1) is 8.48. The molecule has 3 heteroatoms. The molecule has 0 aromatic heterocycles. The highest BCUT2D eigenvalue weighted by atomic mass is 16.3. The van der Waals surface area contributed by atoms with Gasteiger partial charge in [0.1, 0.15) is 0 Å². The zero-order valence-electron chi connectivity index (χ0n) is 7.45. The Labute approximate surface area is 73.5 Å². The molecule has 2 unspecified atom stereocenters. The number of aliphatic hydroxyl groups is 1. The van der Waals surface area contributed by atoms with Gasteiger partial charge < -0.3 is 10.8 Å². The van der Waals surface area contributed by atoms with Gasteiger partial charge in [0.2, 0.25) is 0 Å². The van der Waals surface area contributed by atoms with Crippen LogP contribution in [0.1, 0.15) is 25.7 Å². The van der Waals surface area contributed by atoms with Gasteiger partial charge in [-0.3, -0.25) is 4.90 Å². The highest BCUT2D eigenvalue weighted by Gasteiger charge is 2.32. The van der Waals surface area contributed by atoms with Crippen LogP contribution in [0, 0.1) is 0 Å². The number of rotatable bonds is 1. The zero-order chi connectivity index (χ0) is 8.55. The van der Waals surface area contributed by atoms with E-state index in [0.29, 0.717) is 12.1 Å². The first-order chi connectivity index (χ1) is 5.75. The lowest BCUT2D eigenvalue weighted by Gasteiger charge is -2.44. The molecule has 1 saturated heterocycles. The van der Waals surface area contributed by atoms with Gasteiger partial charge in [0.15, 0.2) is 0 Å². The summed E-state index contributed by atoms with van der Waals surface area (Å²) in [5.41, 5.74) is 5.89. The second kappa shape index (κ2) is 3.32. The fraction of sp³-hybridized carbons (Fsp3) is 1.00. The van der Waals surface area contributed by atoms with E-state index in [-0.39, 0.29) is 6.10 Å². The molecule has 1 heterocycles. The van der Waals surface area contributed by atoms with Crippen molar-refractivity contribution in [1.29, 1.82) is 0 Å². The summed E-state index contributed by atoms with van der Waals surface area (Å²) >= 11 is 0. The molecule has 3 N–H and O–H groups in total. The summed E-state index contributed by atoms with van der Waals surface area (Å²) in [5.74, 6) is 0. The van der Waals surface area contributed by atoms with E-state index in [1.807, 2.05) is 0 Å². The lowest BCUT2D eigenvalue weighted by Crippen LogP contribution is -2.57. The highest BCUT2D eigenvalue weighted by Crippen LogP contribution is 2.25. The van der Waals surface area contributed by atoms with Gasteiger partial charge in [-0.15, -0.1) is 0 Å². The summed E-state index contributed by atoms with van der Waals surface area (Å²) in [7, 11) is 0. The minimum Gasteiger partial charge on any atom is -0.390 e. The number of aliphatic hydroxyl groups excluding tert-OH is 1. The number of hydrogen-bond donors (Lipinski definition) is 2. The quantitative estimate of drug-likeness (QED) is 0.579. The summed E-state index contributed by atoms with van der Waals surface area (Å²) in [6.07, 6.45) is 4.79. The van der Waals surface area contributed by atoms with E-state index in [1.54, 1.807) is 0 Å². The Morgan fingerprint density at radius 1 is 1.25 bits per heavy atom. The van der Waals surface area contributed by atoms with E-state index < -0.39 is 0 Å². The lowest BCUT2D eigenvalue weighted by atomic mass is 9.89. The van der Waals surface area contributed by atoms with E-state index >= 15 is 0 Å². The van der Waals surface area contributed by atoms with E-state index in [0.717, 1.165) is 19.5 Å². The van der Waals surface area contributed by atoms with E-state index in [9.17, 15) is 0 Å². The largest absolute Gasteiger partial charge is 0.390 e. The first-order valence-corrected chi connectivity index (χ1v) is 4.93. The standard InChI is InChI=1S/C9H18N2O/c10-7-2-1-3-8(4-7)11-5-9(12)6-11/h7-9,12H,1-6,10H2. The monoisotopic (exact) mass is 170 g/mol. The van der Waals surface area contributed by atoms with E-state index in [2.05, 4.69) is 4.90 Å². The van der Waals surface area contributed by atoms with Crippen molar-refractivity contribution in [3.8, 4) is 0 Å². The zero-order valence-corrected chi connectivity index (χ0v) is 7.45. The summed E-state index contributed by atoms with van der Waals surface area (Å²) in [4.78, 5) is 2.36. The molecule has 0 amide bonds. The maximum Gasteiger partial charge on any atom is 0.0794 e. The maximum absolute atomic E-state index is 9.14. The second-order valence-electron chi connectivity index (χ2n) is 4.19. The van der Waals surface area contributed by atoms with Crippen molar-refractivity contribution in [2.45, 2.75) is 43.9 Å². The Hall–Kier alpha value is -0.120. The summed E-state index contributed by atoms with van der Waals surface area (Å²) in [5, 5.41) is 9.14. The molecule has 2 fully saturated rings. The van der Waals surface area contributed by atoms with Crippen molar-refractivity contribution in [3.05, 3.63) is 0 Å². The maximum atomic E-state index is 9.14. The molecule has 12 heavy (non-hydrogen) atoms. The SMILES string of the molecule is NC1CCCC(N2CC(O)C2)C1. The number of likely N-dealkylation sites (tertiary alicyclic amines) is 1. The molecule has 3 nitrogen and oxygen atoms in total. The van der Waals surface area contributed by atoms with Crippen LogP contribution in [-0.2, 0) is 0 Å². The highest BCUT2D eigenvalue weighted by molar-refractivity contribution is 4.89. The third-order valence-corrected chi connectivity index (χ3v) is 3.09. The van der Waals surface area contributed by atoms with Gasteiger partial charge in [0.25, 0.3) is 0 Å². The van der Waals surface area contributed by atoms with Gasteiger partial charge in [-0.05, 0) is 19.3 Å². The summed E-state index contributed by atoms with van der Waals surface area (Å²) in [6, 6.07) is 1.07. The van der Waals surface area contributed by atoms with Crippen molar-refractivity contribution in [3.63, 3.8) is 0 Å². The molecule has 70 valence electrons. The normalized spacial score (nSPS) is 39.5. The van der Waals surface area contributed by atoms with Crippen LogP contribution in [-0.4, -0.2) is 41.3 Å². The van der Waals surface area contributed by atoms with Crippen LogP contribution in [0.2, 0.25) is 0 Å². The van der Waals surface area contributed by atoms with Crippen LogP contribution in [0.4, 0.5) is 0 Å². The van der Waals surface area contributed by atoms with Crippen LogP contribution in [0.3, 0.4) is 0 Å². The van der Waals surface area contributed by atoms with Crippen LogP contribution < -0.4 is 5.73 Å². The number of nitrogens with two attached hydrogens (primary N) is 1. The van der Waals surface area contributed by atoms with Crippen molar-refractivity contribution in [2.75, 3.05) is 13.1 Å². The molecule has 0 radical (unpaired) electrons. The van der Waals surface area contributed by atoms with Gasteiger partial charge in [0.05, 0.1) is 6.10 Å². The minimum atomic E-state index is -0.0665. The fourth-order valence-electron chi connectivity index (χ4n) is 2.32. The Morgan fingerprint density at radius 2 is 2.00 bits per heavy atom. The Morgan fingerprint density at radius 3 is 2.58 bits per heavy atom. The lowest BCUT2D eigenvalue weighted by molar-refractivity contribution is -0.0347. The van der Waals surface area contributed by atoms with Crippen molar-refractivity contribution < 1.29 is 5.11 Å². The van der Waals surface area contributed by atoms with E-state index in [1.165, 1.54) is 19.3 Å². The van der Waals surface area contributed by atoms with Crippen LogP contribution in [0.25, 0.3) is 0 Å². The average molecular weight is 170 g/mol. The van der Waals surface area contributed by atoms with E-state index in [4.69, 9.17) is 10.8 Å². The van der Waals surface area contributed by atoms with Crippen molar-refractivity contribution >= 4 is 0 Å². The van der Waals surface area contributed by atoms with Crippen LogP contribution in [0.15, 0.2) is 0 Å². The molecule has 2 atom stereocenters. The molecule has 0 bridgehead atoms. The van der Waals surface area contributed by atoms with Gasteiger partial charge in [0, 0.05) is 25.2 Å². The molecule has 2 rings (SSSR count). The molecule has 0 spiro atoms. The predicted molar refractivity (Wildman–Crippen MR) is 47.8 cm³/mol. The number of β-amino-alcohol motifs (C(OH)–C–C–N with tert-alkyl or cyclic N) is 1. The van der Waals surface area contributed by atoms with Crippen molar-refractivity contribution in [1.82, 2.24) is 4.90 Å². The van der Waals surface area contributed by atoms with Crippen LogP contribution in [0.5, 0.6) is 0 Å². The summed E-state index contributed by atoms with van der Waals surface area (Å²) < 4.78 is 0. The molecule has 2 aliphatic rings. The third-order valence-electron chi connectivity index (χ3n) is 3.09. The average Bonchev–Trinajstić information content (AvgIpc) is 1.99. The van der Waals surface area contributed by atoms with Gasteiger partial charge >= 0.3 is 0 Å². The second-order valence-corrected chi connectivity index (χ2v) is 4.19. The molecule has 1 saturated carbocycles. The Bertz CT molecular complexity index is 157. The third kappa shape index (κ3) is 1.63. The molecule has 1 aliphatic carbocycles. The Kier molecular flexibility index (Phi) is 2.35. The van der Waals surface area contributed by atoms with Gasteiger partial charge in [-0.2, -0.15) is 0 Å². The summed E-state index contributed by atoms with van der Waals surface area (Å²) in [6.45, 7) is 1.74.